The minimum absolute atomic E-state index is 0.0789. The molecule has 1 spiro atoms. The van der Waals surface area contributed by atoms with Crippen LogP contribution >= 0.6 is 0 Å². The highest BCUT2D eigenvalue weighted by Gasteiger charge is 2.46. The summed E-state index contributed by atoms with van der Waals surface area (Å²) < 4.78 is 42.7. The molecular formula is C11H13NO5S. The maximum atomic E-state index is 11.9. The fraction of sp³-hybridized carbons (Fsp3) is 0.455. The Morgan fingerprint density at radius 3 is 2.72 bits per heavy atom. The summed E-state index contributed by atoms with van der Waals surface area (Å²) in [4.78, 5) is 0.177. The zero-order chi connectivity index (χ0) is 12.8. The first-order valence-electron chi connectivity index (χ1n) is 5.53. The van der Waals surface area contributed by atoms with Crippen LogP contribution in [0.4, 0.5) is 0 Å². The third-order valence-corrected chi connectivity index (χ3v) is 4.59. The van der Waals surface area contributed by atoms with E-state index in [9.17, 15) is 8.42 Å². The average molecular weight is 271 g/mol. The van der Waals surface area contributed by atoms with Crippen molar-refractivity contribution in [1.82, 2.24) is 4.72 Å². The zero-order valence-electron chi connectivity index (χ0n) is 9.80. The second-order valence-electron chi connectivity index (χ2n) is 4.14. The van der Waals surface area contributed by atoms with Gasteiger partial charge < -0.3 is 14.2 Å². The molecule has 2 aliphatic heterocycles. The van der Waals surface area contributed by atoms with Gasteiger partial charge in [0, 0.05) is 5.56 Å². The average Bonchev–Trinajstić information content (AvgIpc) is 2.84. The molecule has 0 saturated carbocycles. The second kappa shape index (κ2) is 3.92. The lowest BCUT2D eigenvalue weighted by molar-refractivity contribution is -0.162. The van der Waals surface area contributed by atoms with Gasteiger partial charge in [-0.1, -0.05) is 0 Å². The second-order valence-corrected chi connectivity index (χ2v) is 5.87. The van der Waals surface area contributed by atoms with Crippen LogP contribution in [-0.4, -0.2) is 35.3 Å². The van der Waals surface area contributed by atoms with Crippen LogP contribution < -0.4 is 9.46 Å². The molecular weight excluding hydrogens is 258 g/mol. The normalized spacial score (nSPS) is 23.8. The fourth-order valence-corrected chi connectivity index (χ4v) is 3.53. The van der Waals surface area contributed by atoms with Crippen molar-refractivity contribution in [2.45, 2.75) is 10.7 Å². The van der Waals surface area contributed by atoms with Gasteiger partial charge in [-0.25, -0.2) is 13.1 Å². The summed E-state index contributed by atoms with van der Waals surface area (Å²) in [7, 11) is -1.97. The molecule has 1 saturated heterocycles. The molecule has 0 bridgehead atoms. The van der Waals surface area contributed by atoms with Gasteiger partial charge in [-0.15, -0.1) is 0 Å². The van der Waals surface area contributed by atoms with Gasteiger partial charge in [0.25, 0.3) is 0 Å². The van der Waals surface area contributed by atoms with Crippen LogP contribution in [0.2, 0.25) is 0 Å². The first-order chi connectivity index (χ1) is 8.57. The van der Waals surface area contributed by atoms with Crippen LogP contribution in [0.15, 0.2) is 23.1 Å². The largest absolute Gasteiger partial charge is 0.497 e. The highest BCUT2D eigenvalue weighted by molar-refractivity contribution is 7.89. The highest BCUT2D eigenvalue weighted by atomic mass is 32.2. The van der Waals surface area contributed by atoms with Crippen molar-refractivity contribution in [1.29, 1.82) is 0 Å². The smallest absolute Gasteiger partial charge is 0.241 e. The van der Waals surface area contributed by atoms with Crippen LogP contribution in [-0.2, 0) is 25.3 Å². The molecule has 0 unspecified atom stereocenters. The Morgan fingerprint density at radius 2 is 2.06 bits per heavy atom. The first-order valence-corrected chi connectivity index (χ1v) is 7.02. The summed E-state index contributed by atoms with van der Waals surface area (Å²) >= 11 is 0. The van der Waals surface area contributed by atoms with Crippen LogP contribution in [0.3, 0.4) is 0 Å². The van der Waals surface area contributed by atoms with E-state index in [1.807, 2.05) is 0 Å². The first kappa shape index (κ1) is 11.9. The lowest BCUT2D eigenvalue weighted by atomic mass is 10.1. The van der Waals surface area contributed by atoms with E-state index in [4.69, 9.17) is 14.2 Å². The van der Waals surface area contributed by atoms with E-state index in [1.165, 1.54) is 13.2 Å². The summed E-state index contributed by atoms with van der Waals surface area (Å²) in [5.74, 6) is -0.445. The minimum atomic E-state index is -3.50. The standard InChI is InChI=1S/C11H13NO5S/c1-15-8-2-3-10-9(6-8)11(16-4-5-17-11)7-12-18(10,13)14/h2-3,6,12H,4-5,7H2,1H3. The maximum absolute atomic E-state index is 11.9. The third-order valence-electron chi connectivity index (χ3n) is 3.14. The van der Waals surface area contributed by atoms with Gasteiger partial charge >= 0.3 is 0 Å². The monoisotopic (exact) mass is 271 g/mol. The Balaban J connectivity index is 2.22. The van der Waals surface area contributed by atoms with E-state index < -0.39 is 15.8 Å². The van der Waals surface area contributed by atoms with Crippen molar-refractivity contribution in [3.8, 4) is 5.75 Å². The van der Waals surface area contributed by atoms with E-state index in [-0.39, 0.29) is 11.4 Å². The van der Waals surface area contributed by atoms with Crippen LogP contribution in [0.1, 0.15) is 5.56 Å². The van der Waals surface area contributed by atoms with Crippen molar-refractivity contribution >= 4 is 10.0 Å². The molecule has 2 aliphatic rings. The van der Waals surface area contributed by atoms with Crippen molar-refractivity contribution < 1.29 is 22.6 Å². The zero-order valence-corrected chi connectivity index (χ0v) is 10.6. The molecule has 18 heavy (non-hydrogen) atoms. The number of rotatable bonds is 1. The Kier molecular flexibility index (Phi) is 2.60. The van der Waals surface area contributed by atoms with E-state index in [0.29, 0.717) is 24.5 Å². The molecule has 98 valence electrons. The van der Waals surface area contributed by atoms with Crippen molar-refractivity contribution in [3.63, 3.8) is 0 Å². The van der Waals surface area contributed by atoms with Crippen LogP contribution in [0.5, 0.6) is 5.75 Å². The van der Waals surface area contributed by atoms with Gasteiger partial charge in [-0.3, -0.25) is 0 Å². The number of benzene rings is 1. The number of sulfonamides is 1. The van der Waals surface area contributed by atoms with Gasteiger partial charge in [0.15, 0.2) is 0 Å². The lowest BCUT2D eigenvalue weighted by Gasteiger charge is -2.33. The SMILES string of the molecule is COc1ccc2c(c1)C1(CNS2(=O)=O)OCCO1. The Bertz CT molecular complexity index is 577. The van der Waals surface area contributed by atoms with Gasteiger partial charge in [-0.05, 0) is 18.2 Å². The van der Waals surface area contributed by atoms with Crippen molar-refractivity contribution in [2.24, 2.45) is 0 Å². The Labute approximate surface area is 105 Å². The molecule has 0 aromatic heterocycles. The maximum Gasteiger partial charge on any atom is 0.241 e. The van der Waals surface area contributed by atoms with E-state index >= 15 is 0 Å². The number of nitrogens with one attached hydrogen (secondary N) is 1. The molecule has 0 atom stereocenters. The fourth-order valence-electron chi connectivity index (χ4n) is 2.24. The van der Waals surface area contributed by atoms with Gasteiger partial charge in [0.2, 0.25) is 15.8 Å². The molecule has 7 heteroatoms. The molecule has 1 aromatic carbocycles. The van der Waals surface area contributed by atoms with Crippen LogP contribution in [0.25, 0.3) is 0 Å². The summed E-state index contributed by atoms with van der Waals surface area (Å²) in [5.41, 5.74) is 0.498. The van der Waals surface area contributed by atoms with Gasteiger partial charge in [0.05, 0.1) is 31.8 Å². The molecule has 2 heterocycles. The van der Waals surface area contributed by atoms with E-state index in [2.05, 4.69) is 4.72 Å². The summed E-state index contributed by atoms with van der Waals surface area (Å²) in [6, 6.07) is 4.76. The predicted molar refractivity (Wildman–Crippen MR) is 61.8 cm³/mol. The molecule has 1 N–H and O–H groups in total. The summed E-state index contributed by atoms with van der Waals surface area (Å²) in [6.45, 7) is 0.965. The van der Waals surface area contributed by atoms with Crippen molar-refractivity contribution in [3.05, 3.63) is 23.8 Å². The number of hydrogen-bond donors (Lipinski definition) is 1. The topological polar surface area (TPSA) is 73.9 Å². The molecule has 3 rings (SSSR count). The molecule has 0 aliphatic carbocycles. The van der Waals surface area contributed by atoms with E-state index in [0.717, 1.165) is 0 Å². The van der Waals surface area contributed by atoms with E-state index in [1.54, 1.807) is 12.1 Å². The number of fused-ring (bicyclic) bond motifs is 2. The Morgan fingerprint density at radius 1 is 1.33 bits per heavy atom. The molecule has 1 fully saturated rings. The summed E-state index contributed by atoms with van der Waals surface area (Å²) in [5, 5.41) is 0. The van der Waals surface area contributed by atoms with Crippen molar-refractivity contribution in [2.75, 3.05) is 26.9 Å². The highest BCUT2D eigenvalue weighted by Crippen LogP contribution is 2.39. The lowest BCUT2D eigenvalue weighted by Crippen LogP contribution is -2.47. The molecule has 1 aromatic rings. The van der Waals surface area contributed by atoms with Gasteiger partial charge in [-0.2, -0.15) is 0 Å². The quantitative estimate of drug-likeness (QED) is 0.789. The minimum Gasteiger partial charge on any atom is -0.497 e. The number of methoxy groups -OCH3 is 1. The number of ether oxygens (including phenoxy) is 3. The predicted octanol–water partition coefficient (Wildman–Crippen LogP) is 0.187. The summed E-state index contributed by atoms with van der Waals surface area (Å²) in [6.07, 6.45) is 0. The number of hydrogen-bond acceptors (Lipinski definition) is 5. The third kappa shape index (κ3) is 1.63. The van der Waals surface area contributed by atoms with Crippen LogP contribution in [0, 0.1) is 0 Å². The Hall–Kier alpha value is -1.15. The molecule has 6 nitrogen and oxygen atoms in total. The van der Waals surface area contributed by atoms with Gasteiger partial charge in [0.1, 0.15) is 5.75 Å². The molecule has 0 amide bonds. The molecule has 0 radical (unpaired) electrons.